The Kier molecular flexibility index (Phi) is 8.57. The lowest BCUT2D eigenvalue weighted by molar-refractivity contribution is -0.124. The Morgan fingerprint density at radius 3 is 2.29 bits per heavy atom. The topological polar surface area (TPSA) is 123 Å². The Balaban J connectivity index is 2.01. The zero-order chi connectivity index (χ0) is 22.9. The van der Waals surface area contributed by atoms with Crippen molar-refractivity contribution < 1.29 is 19.1 Å². The minimum absolute atomic E-state index is 0.300. The van der Waals surface area contributed by atoms with Gasteiger partial charge in [-0.3, -0.25) is 20.4 Å². The van der Waals surface area contributed by atoms with Crippen molar-refractivity contribution in [2.75, 3.05) is 0 Å². The van der Waals surface area contributed by atoms with Crippen molar-refractivity contribution >= 4 is 17.9 Å². The lowest BCUT2D eigenvalue weighted by Gasteiger charge is -2.23. The number of aryl methyl sites for hydroxylation is 1. The fourth-order valence-electron chi connectivity index (χ4n) is 2.79. The number of benzene rings is 2. The summed E-state index contributed by atoms with van der Waals surface area (Å²) in [5.74, 6) is -1.03. The Bertz CT molecular complexity index is 894. The van der Waals surface area contributed by atoms with Gasteiger partial charge in [-0.1, -0.05) is 42.5 Å². The molecule has 2 rings (SSSR count). The molecular formula is C23H30N4O4. The summed E-state index contributed by atoms with van der Waals surface area (Å²) in [5.41, 5.74) is 11.8. The zero-order valence-electron chi connectivity index (χ0n) is 18.1. The third-order valence-corrected chi connectivity index (χ3v) is 4.30. The molecule has 0 saturated heterocycles. The van der Waals surface area contributed by atoms with E-state index in [1.165, 1.54) is 0 Å². The van der Waals surface area contributed by atoms with Crippen LogP contribution < -0.4 is 21.9 Å². The Morgan fingerprint density at radius 1 is 0.968 bits per heavy atom. The van der Waals surface area contributed by atoms with E-state index in [0.717, 1.165) is 11.1 Å². The SMILES string of the molecule is CC(C)(C)OC(=O)N[C@H](CCc1ccccc1)C(=O)NNC(=O)c1cccc(CN)c1. The molecule has 5 N–H and O–H groups in total. The lowest BCUT2D eigenvalue weighted by atomic mass is 10.0. The number of hydrazine groups is 1. The molecule has 0 radical (unpaired) electrons. The van der Waals surface area contributed by atoms with Gasteiger partial charge in [-0.2, -0.15) is 0 Å². The molecule has 8 nitrogen and oxygen atoms in total. The molecule has 0 aromatic heterocycles. The van der Waals surface area contributed by atoms with Gasteiger partial charge in [0.25, 0.3) is 11.8 Å². The molecule has 2 aromatic carbocycles. The highest BCUT2D eigenvalue weighted by Crippen LogP contribution is 2.09. The first-order valence-corrected chi connectivity index (χ1v) is 10.1. The van der Waals surface area contributed by atoms with Gasteiger partial charge in [0.1, 0.15) is 11.6 Å². The number of alkyl carbamates (subject to hydrolysis) is 1. The van der Waals surface area contributed by atoms with Crippen LogP contribution >= 0.6 is 0 Å². The molecule has 31 heavy (non-hydrogen) atoms. The molecule has 0 bridgehead atoms. The normalized spacial score (nSPS) is 11.9. The first-order chi connectivity index (χ1) is 14.7. The van der Waals surface area contributed by atoms with Crippen molar-refractivity contribution in [2.24, 2.45) is 5.73 Å². The van der Waals surface area contributed by atoms with Gasteiger partial charge in [-0.15, -0.1) is 0 Å². The molecule has 1 atom stereocenters. The molecule has 0 aliphatic carbocycles. The van der Waals surface area contributed by atoms with Crippen LogP contribution in [0.4, 0.5) is 4.79 Å². The van der Waals surface area contributed by atoms with Gasteiger partial charge in [-0.05, 0) is 56.9 Å². The highest BCUT2D eigenvalue weighted by Gasteiger charge is 2.24. The largest absolute Gasteiger partial charge is 0.444 e. The van der Waals surface area contributed by atoms with Gasteiger partial charge in [0.15, 0.2) is 0 Å². The van der Waals surface area contributed by atoms with Crippen molar-refractivity contribution in [2.45, 2.75) is 51.8 Å². The van der Waals surface area contributed by atoms with E-state index in [1.807, 2.05) is 30.3 Å². The number of carbonyl (C=O) groups is 3. The zero-order valence-corrected chi connectivity index (χ0v) is 18.1. The summed E-state index contributed by atoms with van der Waals surface area (Å²) in [6.45, 7) is 5.51. The molecule has 0 unspecified atom stereocenters. The van der Waals surface area contributed by atoms with Crippen LogP contribution in [0.15, 0.2) is 54.6 Å². The number of carbonyl (C=O) groups excluding carboxylic acids is 3. The molecule has 2 aromatic rings. The van der Waals surface area contributed by atoms with Crippen molar-refractivity contribution in [3.63, 3.8) is 0 Å². The maximum Gasteiger partial charge on any atom is 0.408 e. The van der Waals surface area contributed by atoms with Gasteiger partial charge >= 0.3 is 6.09 Å². The van der Waals surface area contributed by atoms with Crippen LogP contribution in [0.25, 0.3) is 0 Å². The third kappa shape index (κ3) is 8.47. The lowest BCUT2D eigenvalue weighted by Crippen LogP contribution is -2.53. The van der Waals surface area contributed by atoms with Gasteiger partial charge < -0.3 is 15.8 Å². The molecule has 166 valence electrons. The maximum absolute atomic E-state index is 12.7. The summed E-state index contributed by atoms with van der Waals surface area (Å²) in [5, 5.41) is 2.58. The average Bonchev–Trinajstić information content (AvgIpc) is 2.74. The molecule has 0 aliphatic heterocycles. The summed E-state index contributed by atoms with van der Waals surface area (Å²) < 4.78 is 5.26. The Labute approximate surface area is 182 Å². The van der Waals surface area contributed by atoms with Crippen LogP contribution in [-0.4, -0.2) is 29.6 Å². The second-order valence-corrected chi connectivity index (χ2v) is 8.07. The fraction of sp³-hybridized carbons (Fsp3) is 0.348. The van der Waals surface area contributed by atoms with Crippen LogP contribution in [-0.2, 0) is 22.5 Å². The van der Waals surface area contributed by atoms with Crippen LogP contribution in [0.3, 0.4) is 0 Å². The first kappa shape index (κ1) is 23.9. The molecule has 0 spiro atoms. The number of nitrogens with two attached hydrogens (primary N) is 1. The predicted octanol–water partition coefficient (Wildman–Crippen LogP) is 2.43. The summed E-state index contributed by atoms with van der Waals surface area (Å²) in [4.78, 5) is 37.3. The quantitative estimate of drug-likeness (QED) is 0.507. The maximum atomic E-state index is 12.7. The third-order valence-electron chi connectivity index (χ3n) is 4.30. The van der Waals surface area contributed by atoms with Crippen molar-refractivity contribution in [3.05, 3.63) is 71.3 Å². The highest BCUT2D eigenvalue weighted by molar-refractivity contribution is 5.96. The number of hydrogen-bond donors (Lipinski definition) is 4. The Hall–Kier alpha value is -3.39. The summed E-state index contributed by atoms with van der Waals surface area (Å²) in [6, 6.07) is 15.5. The van der Waals surface area contributed by atoms with E-state index < -0.39 is 29.6 Å². The van der Waals surface area contributed by atoms with E-state index in [4.69, 9.17) is 10.5 Å². The van der Waals surface area contributed by atoms with E-state index in [-0.39, 0.29) is 0 Å². The number of nitrogens with one attached hydrogen (secondary N) is 3. The van der Waals surface area contributed by atoms with Crippen LogP contribution in [0.1, 0.15) is 48.7 Å². The van der Waals surface area contributed by atoms with Crippen molar-refractivity contribution in [1.29, 1.82) is 0 Å². The van der Waals surface area contributed by atoms with E-state index in [1.54, 1.807) is 45.0 Å². The predicted molar refractivity (Wildman–Crippen MR) is 118 cm³/mol. The number of ether oxygens (including phenoxy) is 1. The standard InChI is InChI=1S/C23H30N4O4/c1-23(2,3)31-22(30)25-19(13-12-16-8-5-4-6-9-16)21(29)27-26-20(28)18-11-7-10-17(14-18)15-24/h4-11,14,19H,12-13,15,24H2,1-3H3,(H,25,30)(H,26,28)(H,27,29)/t19-/m1/s1. The highest BCUT2D eigenvalue weighted by atomic mass is 16.6. The number of hydrogen-bond acceptors (Lipinski definition) is 5. The van der Waals surface area contributed by atoms with Gasteiger partial charge in [0.2, 0.25) is 0 Å². The monoisotopic (exact) mass is 426 g/mol. The molecule has 3 amide bonds. The smallest absolute Gasteiger partial charge is 0.408 e. The molecule has 0 fully saturated rings. The van der Waals surface area contributed by atoms with E-state index >= 15 is 0 Å². The second kappa shape index (κ2) is 11.1. The van der Waals surface area contributed by atoms with Crippen molar-refractivity contribution in [1.82, 2.24) is 16.2 Å². The van der Waals surface area contributed by atoms with E-state index in [0.29, 0.717) is 24.9 Å². The van der Waals surface area contributed by atoms with E-state index in [2.05, 4.69) is 16.2 Å². The molecule has 0 saturated carbocycles. The van der Waals surface area contributed by atoms with Gasteiger partial charge in [-0.25, -0.2) is 4.79 Å². The first-order valence-electron chi connectivity index (χ1n) is 10.1. The molecule has 0 heterocycles. The second-order valence-electron chi connectivity index (χ2n) is 8.07. The minimum Gasteiger partial charge on any atom is -0.444 e. The van der Waals surface area contributed by atoms with E-state index in [9.17, 15) is 14.4 Å². The van der Waals surface area contributed by atoms with Gasteiger partial charge in [0.05, 0.1) is 0 Å². The summed E-state index contributed by atoms with van der Waals surface area (Å²) in [6.07, 6.45) is 0.178. The van der Waals surface area contributed by atoms with Gasteiger partial charge in [0, 0.05) is 12.1 Å². The number of amides is 3. The van der Waals surface area contributed by atoms with Crippen LogP contribution in [0, 0.1) is 0 Å². The minimum atomic E-state index is -0.897. The average molecular weight is 427 g/mol. The fourth-order valence-corrected chi connectivity index (χ4v) is 2.79. The Morgan fingerprint density at radius 2 is 1.65 bits per heavy atom. The summed E-state index contributed by atoms with van der Waals surface area (Å²) in [7, 11) is 0. The molecule has 8 heteroatoms. The van der Waals surface area contributed by atoms with Crippen LogP contribution in [0.2, 0.25) is 0 Å². The summed E-state index contributed by atoms with van der Waals surface area (Å²) >= 11 is 0. The van der Waals surface area contributed by atoms with Crippen molar-refractivity contribution in [3.8, 4) is 0 Å². The number of rotatable bonds is 7. The van der Waals surface area contributed by atoms with Crippen LogP contribution in [0.5, 0.6) is 0 Å². The molecule has 0 aliphatic rings. The molecular weight excluding hydrogens is 396 g/mol.